The van der Waals surface area contributed by atoms with Gasteiger partial charge in [0.1, 0.15) is 11.4 Å². The van der Waals surface area contributed by atoms with Crippen molar-refractivity contribution in [2.75, 3.05) is 0 Å². The summed E-state index contributed by atoms with van der Waals surface area (Å²) in [5.74, 6) is 3.46. The quantitative estimate of drug-likeness (QED) is 0.105. The molecule has 0 aliphatic rings. The Kier molecular flexibility index (Phi) is 17.9. The van der Waals surface area contributed by atoms with Crippen molar-refractivity contribution in [1.82, 2.24) is 58.1 Å². The molecule has 0 saturated carbocycles. The molecule has 8 heterocycles. The highest BCUT2D eigenvalue weighted by molar-refractivity contribution is 6.19. The van der Waals surface area contributed by atoms with Gasteiger partial charge in [0.15, 0.2) is 34.9 Å². The highest BCUT2D eigenvalue weighted by atomic mass is 15.1. The van der Waals surface area contributed by atoms with Crippen molar-refractivity contribution in [3.63, 3.8) is 0 Å². The fourth-order valence-corrected chi connectivity index (χ4v) is 18.1. The van der Waals surface area contributed by atoms with Crippen molar-refractivity contribution in [2.45, 2.75) is 0 Å². The van der Waals surface area contributed by atoms with Gasteiger partial charge in [0, 0.05) is 100 Å². The molecule has 0 amide bonds. The molecule has 0 radical (unpaired) electrons. The van der Waals surface area contributed by atoms with Crippen molar-refractivity contribution in [3.8, 4) is 136 Å². The number of aromatic nitrogens is 12. The van der Waals surface area contributed by atoms with Gasteiger partial charge in [-0.05, 0) is 172 Å². The molecule has 0 spiro atoms. The monoisotopic (exact) mass is 1580 g/mol. The standard InChI is InChI=1S/2C56H36N6/c1-4-17-37(18-5-1)54-58-55(38-19-6-2-7-20-38)60-56(59-54)47-36-40(33-34-57-47)44-28-16-32-51-53(44)46-26-11-13-30-49(46)62(51)42-24-14-21-39(35-42)43-27-15-31-50-52(43)45-25-10-12-29-48(45)61(50)41-22-8-3-9-23-41;1-4-15-38(16-5-1)54-58-55(39-17-6-2-7-18-39)60-56(59-54)48-36-41(33-34-57-48)44-23-14-26-52-53(44)46-22-11-13-25-50(46)62(52)43-30-27-37(28-31-43)40-29-32-51-47(35-40)45-21-10-12-24-49(45)61(51)42-19-8-3-9-20-42/h2*1-36H. The van der Waals surface area contributed by atoms with Gasteiger partial charge in [-0.3, -0.25) is 9.97 Å². The topological polar surface area (TPSA) is 123 Å². The molecule has 0 aliphatic carbocycles. The van der Waals surface area contributed by atoms with E-state index < -0.39 is 0 Å². The lowest BCUT2D eigenvalue weighted by atomic mass is 9.99. The maximum atomic E-state index is 4.99. The van der Waals surface area contributed by atoms with E-state index in [0.29, 0.717) is 46.3 Å². The molecule has 24 rings (SSSR count). The molecule has 580 valence electrons. The molecule has 0 N–H and O–H groups in total. The van der Waals surface area contributed by atoms with E-state index in [-0.39, 0.29) is 0 Å². The molecule has 124 heavy (non-hydrogen) atoms. The lowest BCUT2D eigenvalue weighted by molar-refractivity contribution is 1.06. The maximum absolute atomic E-state index is 4.99. The number of nitrogens with zero attached hydrogens (tertiary/aromatic N) is 12. The predicted octanol–water partition coefficient (Wildman–Crippen LogP) is 27.6. The zero-order chi connectivity index (χ0) is 82.0. The molecule has 12 nitrogen and oxygen atoms in total. The molecule has 0 saturated heterocycles. The van der Waals surface area contributed by atoms with Crippen molar-refractivity contribution < 1.29 is 0 Å². The lowest BCUT2D eigenvalue weighted by Gasteiger charge is -2.12. The van der Waals surface area contributed by atoms with Crippen LogP contribution in [0.5, 0.6) is 0 Å². The third-order valence-corrected chi connectivity index (χ3v) is 23.7. The van der Waals surface area contributed by atoms with Crippen molar-refractivity contribution in [1.29, 1.82) is 0 Å². The first-order chi connectivity index (χ1) is 61.5. The van der Waals surface area contributed by atoms with E-state index in [1.54, 1.807) is 0 Å². The van der Waals surface area contributed by atoms with Crippen LogP contribution in [0.15, 0.2) is 437 Å². The zero-order valence-corrected chi connectivity index (χ0v) is 66.9. The average molecular weight is 1590 g/mol. The molecule has 8 aromatic heterocycles. The van der Waals surface area contributed by atoms with Gasteiger partial charge < -0.3 is 18.3 Å². The Labute approximate surface area is 713 Å². The van der Waals surface area contributed by atoms with Crippen molar-refractivity contribution in [2.24, 2.45) is 0 Å². The fraction of sp³-hybridized carbons (Fsp3) is 0. The Morgan fingerprint density at radius 3 is 0.847 bits per heavy atom. The van der Waals surface area contributed by atoms with Crippen LogP contribution >= 0.6 is 0 Å². The number of pyridine rings is 2. The summed E-state index contributed by atoms with van der Waals surface area (Å²) in [7, 11) is 0. The minimum Gasteiger partial charge on any atom is -0.309 e. The molecular formula is C112H72N12. The molecular weight excluding hydrogens is 1510 g/mol. The first kappa shape index (κ1) is 72.3. The Bertz CT molecular complexity index is 8090. The molecule has 12 heteroatoms. The van der Waals surface area contributed by atoms with E-state index >= 15 is 0 Å². The fourth-order valence-electron chi connectivity index (χ4n) is 18.1. The number of rotatable bonds is 14. The Morgan fingerprint density at radius 1 is 0.153 bits per heavy atom. The van der Waals surface area contributed by atoms with Gasteiger partial charge in [0.25, 0.3) is 0 Å². The summed E-state index contributed by atoms with van der Waals surface area (Å²) >= 11 is 0. The summed E-state index contributed by atoms with van der Waals surface area (Å²) in [5, 5.41) is 9.66. The van der Waals surface area contributed by atoms with E-state index in [0.717, 1.165) is 94.9 Å². The second-order valence-corrected chi connectivity index (χ2v) is 30.9. The molecule has 24 aromatic rings. The van der Waals surface area contributed by atoms with E-state index in [2.05, 4.69) is 322 Å². The normalized spacial score (nSPS) is 11.5. The third-order valence-electron chi connectivity index (χ3n) is 23.7. The van der Waals surface area contributed by atoms with Crippen LogP contribution in [0, 0.1) is 0 Å². The smallest absolute Gasteiger partial charge is 0.182 e. The second-order valence-electron chi connectivity index (χ2n) is 30.9. The maximum Gasteiger partial charge on any atom is 0.182 e. The predicted molar refractivity (Wildman–Crippen MR) is 507 cm³/mol. The Balaban J connectivity index is 0.000000143. The van der Waals surface area contributed by atoms with Gasteiger partial charge in [-0.15, -0.1) is 0 Å². The van der Waals surface area contributed by atoms with Crippen LogP contribution in [0.1, 0.15) is 0 Å². The van der Waals surface area contributed by atoms with Gasteiger partial charge in [0.2, 0.25) is 0 Å². The second kappa shape index (κ2) is 30.8. The number of para-hydroxylation sites is 6. The zero-order valence-electron chi connectivity index (χ0n) is 66.9. The van der Waals surface area contributed by atoms with Crippen LogP contribution in [0.4, 0.5) is 0 Å². The van der Waals surface area contributed by atoms with Crippen molar-refractivity contribution >= 4 is 87.2 Å². The number of fused-ring (bicyclic) bond motifs is 12. The van der Waals surface area contributed by atoms with Crippen LogP contribution in [0.3, 0.4) is 0 Å². The summed E-state index contributed by atoms with van der Waals surface area (Å²) in [5.41, 5.74) is 27.8. The summed E-state index contributed by atoms with van der Waals surface area (Å²) in [6, 6.07) is 149. The Hall–Kier alpha value is -17.0. The van der Waals surface area contributed by atoms with Crippen molar-refractivity contribution in [3.05, 3.63) is 437 Å². The van der Waals surface area contributed by atoms with Crippen LogP contribution in [-0.4, -0.2) is 58.1 Å². The molecule has 16 aromatic carbocycles. The van der Waals surface area contributed by atoms with Gasteiger partial charge in [-0.25, -0.2) is 29.9 Å². The van der Waals surface area contributed by atoms with E-state index in [1.165, 1.54) is 81.8 Å². The molecule has 0 atom stereocenters. The summed E-state index contributed by atoms with van der Waals surface area (Å²) in [6.07, 6.45) is 3.71. The van der Waals surface area contributed by atoms with E-state index in [4.69, 9.17) is 39.9 Å². The molecule has 0 unspecified atom stereocenters. The van der Waals surface area contributed by atoms with Gasteiger partial charge in [-0.1, -0.05) is 297 Å². The SMILES string of the molecule is c1ccc(-c2nc(-c3ccccc3)nc(-c3cc(-c4cccc5c4c4ccccc4n5-c4ccc(-c5ccc6c(c5)c5ccccc5n6-c5ccccc5)cc4)ccn3)n2)cc1.c1ccc(-c2nc(-c3ccccc3)nc(-c3cc(-c4cccc5c4c4ccccc4n5-c4cccc(-c5cccc6c5c5ccccc5n6-c5ccccc5)c4)ccn3)n2)cc1. The molecule has 0 bridgehead atoms. The third kappa shape index (κ3) is 12.8. The Morgan fingerprint density at radius 2 is 0.435 bits per heavy atom. The highest BCUT2D eigenvalue weighted by Gasteiger charge is 2.24. The van der Waals surface area contributed by atoms with Gasteiger partial charge in [0.05, 0.1) is 44.1 Å². The van der Waals surface area contributed by atoms with Crippen LogP contribution in [0.2, 0.25) is 0 Å². The van der Waals surface area contributed by atoms with Crippen LogP contribution in [-0.2, 0) is 0 Å². The van der Waals surface area contributed by atoms with E-state index in [1.807, 2.05) is 134 Å². The largest absolute Gasteiger partial charge is 0.309 e. The first-order valence-corrected chi connectivity index (χ1v) is 41.6. The molecule has 0 aliphatic heterocycles. The molecule has 0 fully saturated rings. The minimum atomic E-state index is 0.521. The highest BCUT2D eigenvalue weighted by Crippen LogP contribution is 2.45. The lowest BCUT2D eigenvalue weighted by Crippen LogP contribution is -2.01. The average Bonchev–Trinajstić information content (AvgIpc) is 1.59. The van der Waals surface area contributed by atoms with Crippen LogP contribution in [0.25, 0.3) is 223 Å². The number of hydrogen-bond acceptors (Lipinski definition) is 8. The summed E-state index contributed by atoms with van der Waals surface area (Å²) in [6.45, 7) is 0. The number of hydrogen-bond donors (Lipinski definition) is 0. The number of benzene rings is 16. The summed E-state index contributed by atoms with van der Waals surface area (Å²) < 4.78 is 9.51. The van der Waals surface area contributed by atoms with Gasteiger partial charge >= 0.3 is 0 Å². The minimum absolute atomic E-state index is 0.521. The van der Waals surface area contributed by atoms with Crippen LogP contribution < -0.4 is 0 Å². The summed E-state index contributed by atoms with van der Waals surface area (Å²) in [4.78, 5) is 39.4. The van der Waals surface area contributed by atoms with E-state index in [9.17, 15) is 0 Å². The first-order valence-electron chi connectivity index (χ1n) is 41.6. The van der Waals surface area contributed by atoms with Gasteiger partial charge in [-0.2, -0.15) is 0 Å².